The Morgan fingerprint density at radius 3 is 3.00 bits per heavy atom. The van der Waals surface area contributed by atoms with Crippen LogP contribution in [0.2, 0.25) is 0 Å². The molecule has 98 valence electrons. The Bertz CT molecular complexity index is 451. The summed E-state index contributed by atoms with van der Waals surface area (Å²) >= 11 is 0. The molecule has 0 radical (unpaired) electrons. The Morgan fingerprint density at radius 2 is 2.44 bits per heavy atom. The summed E-state index contributed by atoms with van der Waals surface area (Å²) in [5, 5.41) is 11.0. The molecule has 2 rings (SSSR count). The summed E-state index contributed by atoms with van der Waals surface area (Å²) in [7, 11) is 0. The maximum atomic E-state index is 11.0. The van der Waals surface area contributed by atoms with Gasteiger partial charge in [-0.05, 0) is 18.4 Å². The van der Waals surface area contributed by atoms with E-state index in [4.69, 9.17) is 5.84 Å². The number of nitrogens with two attached hydrogens (primary N) is 1. The Morgan fingerprint density at radius 1 is 1.67 bits per heavy atom. The molecule has 1 aromatic heterocycles. The molecule has 7 heteroatoms. The number of nitro groups is 1. The number of nitrogens with zero attached hydrogens (tertiary/aromatic N) is 3. The van der Waals surface area contributed by atoms with Crippen molar-refractivity contribution in [2.24, 2.45) is 11.8 Å². The minimum Gasteiger partial charge on any atom is -0.351 e. The van der Waals surface area contributed by atoms with Gasteiger partial charge in [0.15, 0.2) is 0 Å². The maximum Gasteiger partial charge on any atom is 0.311 e. The van der Waals surface area contributed by atoms with Gasteiger partial charge in [-0.1, -0.05) is 13.3 Å². The summed E-state index contributed by atoms with van der Waals surface area (Å²) in [5.74, 6) is 6.73. The molecule has 7 nitrogen and oxygen atoms in total. The van der Waals surface area contributed by atoms with Crippen LogP contribution in [-0.2, 0) is 0 Å². The van der Waals surface area contributed by atoms with Crippen LogP contribution in [0.1, 0.15) is 19.8 Å². The summed E-state index contributed by atoms with van der Waals surface area (Å²) in [6.45, 7) is 3.76. The zero-order chi connectivity index (χ0) is 13.1. The normalized spacial score (nSPS) is 19.0. The molecule has 0 saturated carbocycles. The van der Waals surface area contributed by atoms with E-state index in [1.165, 1.54) is 12.1 Å². The van der Waals surface area contributed by atoms with Gasteiger partial charge < -0.3 is 10.3 Å². The van der Waals surface area contributed by atoms with E-state index in [0.717, 1.165) is 25.9 Å². The van der Waals surface area contributed by atoms with Gasteiger partial charge in [0.1, 0.15) is 5.82 Å². The van der Waals surface area contributed by atoms with Crippen LogP contribution in [0, 0.1) is 16.0 Å². The van der Waals surface area contributed by atoms with Crippen LogP contribution < -0.4 is 16.2 Å². The van der Waals surface area contributed by atoms with Gasteiger partial charge in [-0.15, -0.1) is 0 Å². The lowest BCUT2D eigenvalue weighted by molar-refractivity contribution is -0.384. The van der Waals surface area contributed by atoms with E-state index < -0.39 is 4.92 Å². The highest BCUT2D eigenvalue weighted by molar-refractivity contribution is 5.62. The number of anilines is 2. The molecule has 18 heavy (non-hydrogen) atoms. The molecule has 0 spiro atoms. The van der Waals surface area contributed by atoms with Crippen LogP contribution in [0.5, 0.6) is 0 Å². The van der Waals surface area contributed by atoms with Gasteiger partial charge in [0, 0.05) is 19.2 Å². The van der Waals surface area contributed by atoms with Crippen molar-refractivity contribution >= 4 is 17.3 Å². The smallest absolute Gasteiger partial charge is 0.311 e. The van der Waals surface area contributed by atoms with Gasteiger partial charge in [0.05, 0.1) is 4.92 Å². The predicted molar refractivity (Wildman–Crippen MR) is 69.3 cm³/mol. The first-order valence-electron chi connectivity index (χ1n) is 6.02. The quantitative estimate of drug-likeness (QED) is 0.478. The Balaban J connectivity index is 2.32. The molecule has 1 aliphatic rings. The minimum atomic E-state index is -0.401. The van der Waals surface area contributed by atoms with Crippen LogP contribution in [0.4, 0.5) is 17.3 Å². The predicted octanol–water partition coefficient (Wildman–Crippen LogP) is 1.51. The van der Waals surface area contributed by atoms with Crippen molar-refractivity contribution in [2.45, 2.75) is 19.8 Å². The second-order valence-corrected chi connectivity index (χ2v) is 4.45. The Labute approximate surface area is 105 Å². The highest BCUT2D eigenvalue weighted by Gasteiger charge is 2.28. The Kier molecular flexibility index (Phi) is 3.61. The molecular weight excluding hydrogens is 234 g/mol. The minimum absolute atomic E-state index is 0.0331. The van der Waals surface area contributed by atoms with Gasteiger partial charge in [-0.2, -0.15) is 0 Å². The largest absolute Gasteiger partial charge is 0.351 e. The molecule has 1 aromatic rings. The molecule has 0 aliphatic carbocycles. The number of hydrogen-bond acceptors (Lipinski definition) is 6. The van der Waals surface area contributed by atoms with E-state index in [-0.39, 0.29) is 5.69 Å². The highest BCUT2D eigenvalue weighted by atomic mass is 16.6. The van der Waals surface area contributed by atoms with Gasteiger partial charge in [-0.25, -0.2) is 10.8 Å². The summed E-state index contributed by atoms with van der Waals surface area (Å²) in [6.07, 6.45) is 2.13. The van der Waals surface area contributed by atoms with Crippen molar-refractivity contribution in [1.82, 2.24) is 4.98 Å². The number of rotatable bonds is 4. The van der Waals surface area contributed by atoms with Crippen molar-refractivity contribution in [3.8, 4) is 0 Å². The number of aromatic nitrogens is 1. The molecule has 0 amide bonds. The first-order valence-corrected chi connectivity index (χ1v) is 6.02. The number of nitrogens with one attached hydrogen (secondary N) is 1. The zero-order valence-corrected chi connectivity index (χ0v) is 10.3. The van der Waals surface area contributed by atoms with Crippen molar-refractivity contribution in [2.75, 3.05) is 23.4 Å². The molecule has 1 saturated heterocycles. The van der Waals surface area contributed by atoms with E-state index >= 15 is 0 Å². The summed E-state index contributed by atoms with van der Waals surface area (Å²) in [6, 6.07) is 2.95. The number of hydrazine groups is 1. The molecule has 2 heterocycles. The van der Waals surface area contributed by atoms with Crippen molar-refractivity contribution in [1.29, 1.82) is 0 Å². The zero-order valence-electron chi connectivity index (χ0n) is 10.3. The van der Waals surface area contributed by atoms with Gasteiger partial charge in [0.2, 0.25) is 5.82 Å². The van der Waals surface area contributed by atoms with Crippen LogP contribution in [0.15, 0.2) is 12.1 Å². The number of pyridine rings is 1. The van der Waals surface area contributed by atoms with Crippen LogP contribution in [0.3, 0.4) is 0 Å². The SMILES string of the molecule is CCC1CCN(c2nc(NN)ccc2[N+](=O)[O-])C1. The van der Waals surface area contributed by atoms with E-state index in [2.05, 4.69) is 17.3 Å². The fourth-order valence-electron chi connectivity index (χ4n) is 2.25. The van der Waals surface area contributed by atoms with E-state index in [1.807, 2.05) is 4.90 Å². The Hall–Kier alpha value is -1.89. The molecule has 1 unspecified atom stereocenters. The van der Waals surface area contributed by atoms with Crippen molar-refractivity contribution in [3.05, 3.63) is 22.2 Å². The average Bonchev–Trinajstić information content (AvgIpc) is 2.86. The molecule has 1 atom stereocenters. The van der Waals surface area contributed by atoms with E-state index in [0.29, 0.717) is 17.6 Å². The van der Waals surface area contributed by atoms with Crippen molar-refractivity contribution < 1.29 is 4.92 Å². The summed E-state index contributed by atoms with van der Waals surface area (Å²) in [4.78, 5) is 16.8. The monoisotopic (exact) mass is 251 g/mol. The van der Waals surface area contributed by atoms with Crippen LogP contribution in [0.25, 0.3) is 0 Å². The lowest BCUT2D eigenvalue weighted by atomic mass is 10.1. The van der Waals surface area contributed by atoms with E-state index in [9.17, 15) is 10.1 Å². The van der Waals surface area contributed by atoms with Gasteiger partial charge in [-0.3, -0.25) is 10.1 Å². The van der Waals surface area contributed by atoms with Crippen molar-refractivity contribution in [3.63, 3.8) is 0 Å². The number of hydrogen-bond donors (Lipinski definition) is 2. The molecule has 0 bridgehead atoms. The second-order valence-electron chi connectivity index (χ2n) is 4.45. The fourth-order valence-corrected chi connectivity index (χ4v) is 2.25. The molecule has 1 aliphatic heterocycles. The molecular formula is C11H17N5O2. The van der Waals surface area contributed by atoms with Gasteiger partial charge in [0.25, 0.3) is 0 Å². The van der Waals surface area contributed by atoms with Gasteiger partial charge >= 0.3 is 5.69 Å². The third kappa shape index (κ3) is 2.35. The molecule has 1 fully saturated rings. The number of nitrogen functional groups attached to an aromatic ring is 1. The van der Waals surface area contributed by atoms with Crippen LogP contribution >= 0.6 is 0 Å². The topological polar surface area (TPSA) is 97.3 Å². The maximum absolute atomic E-state index is 11.0. The van der Waals surface area contributed by atoms with E-state index in [1.54, 1.807) is 0 Å². The third-order valence-corrected chi connectivity index (χ3v) is 3.36. The molecule has 3 N–H and O–H groups in total. The first-order chi connectivity index (χ1) is 8.65. The lowest BCUT2D eigenvalue weighted by Crippen LogP contribution is -2.22. The fraction of sp³-hybridized carbons (Fsp3) is 0.545. The summed E-state index contributed by atoms with van der Waals surface area (Å²) in [5.41, 5.74) is 2.45. The molecule has 0 aromatic carbocycles. The standard InChI is InChI=1S/C11H17N5O2/c1-2-8-5-6-15(7-8)11-9(16(17)18)3-4-10(13-11)14-12/h3-4,8H,2,5-7,12H2,1H3,(H,13,14). The van der Waals surface area contributed by atoms with Crippen LogP contribution in [-0.4, -0.2) is 23.0 Å². The lowest BCUT2D eigenvalue weighted by Gasteiger charge is -2.17. The first kappa shape index (κ1) is 12.6. The third-order valence-electron chi connectivity index (χ3n) is 3.36. The highest BCUT2D eigenvalue weighted by Crippen LogP contribution is 2.32. The summed E-state index contributed by atoms with van der Waals surface area (Å²) < 4.78 is 0. The second kappa shape index (κ2) is 5.18. The average molecular weight is 251 g/mol.